The Morgan fingerprint density at radius 2 is 2.26 bits per heavy atom. The van der Waals surface area contributed by atoms with E-state index in [2.05, 4.69) is 14.8 Å². The van der Waals surface area contributed by atoms with E-state index in [1.54, 1.807) is 17.9 Å². The Hall–Kier alpha value is -1.29. The molecule has 2 aromatic rings. The van der Waals surface area contributed by atoms with Crippen LogP contribution in [0.25, 0.3) is 0 Å². The van der Waals surface area contributed by atoms with Gasteiger partial charge in [-0.25, -0.2) is 18.1 Å². The lowest BCUT2D eigenvalue weighted by atomic mass is 10.1. The average Bonchev–Trinajstić information content (AvgIpc) is 3.04. The standard InChI is InChI=1S/C14H20N4O3S2/c1-9-7-13(22-10(9)2)23(19,20)17-11-5-4-6-18-14(11)15-12(16-18)8-21-3/h7,11,17H,4-6,8H2,1-3H3/t11-/m1/s1. The van der Waals surface area contributed by atoms with Crippen LogP contribution in [0.4, 0.5) is 0 Å². The Morgan fingerprint density at radius 1 is 1.48 bits per heavy atom. The summed E-state index contributed by atoms with van der Waals surface area (Å²) < 4.78 is 35.2. The topological polar surface area (TPSA) is 86.1 Å². The van der Waals surface area contributed by atoms with E-state index >= 15 is 0 Å². The number of hydrogen-bond acceptors (Lipinski definition) is 6. The Labute approximate surface area is 139 Å². The zero-order valence-corrected chi connectivity index (χ0v) is 15.0. The highest BCUT2D eigenvalue weighted by Gasteiger charge is 2.29. The lowest BCUT2D eigenvalue weighted by molar-refractivity contribution is 0.177. The van der Waals surface area contributed by atoms with Crippen LogP contribution >= 0.6 is 11.3 Å². The molecule has 0 aromatic carbocycles. The van der Waals surface area contributed by atoms with Gasteiger partial charge in [0.25, 0.3) is 10.0 Å². The summed E-state index contributed by atoms with van der Waals surface area (Å²) in [5.74, 6) is 1.24. The number of nitrogens with one attached hydrogen (secondary N) is 1. The van der Waals surface area contributed by atoms with Crippen LogP contribution in [0.3, 0.4) is 0 Å². The first-order valence-electron chi connectivity index (χ1n) is 7.42. The van der Waals surface area contributed by atoms with E-state index in [4.69, 9.17) is 4.74 Å². The van der Waals surface area contributed by atoms with Gasteiger partial charge in [-0.1, -0.05) is 0 Å². The highest BCUT2D eigenvalue weighted by Crippen LogP contribution is 2.29. The largest absolute Gasteiger partial charge is 0.377 e. The molecule has 3 rings (SSSR count). The van der Waals surface area contributed by atoms with Crippen LogP contribution in [0.5, 0.6) is 0 Å². The smallest absolute Gasteiger partial charge is 0.250 e. The molecule has 1 aliphatic heterocycles. The molecule has 1 N–H and O–H groups in total. The van der Waals surface area contributed by atoms with E-state index in [0.717, 1.165) is 23.4 Å². The monoisotopic (exact) mass is 356 g/mol. The molecule has 0 aliphatic carbocycles. The Balaban J connectivity index is 1.86. The van der Waals surface area contributed by atoms with E-state index in [-0.39, 0.29) is 6.04 Å². The molecule has 0 saturated carbocycles. The van der Waals surface area contributed by atoms with Crippen molar-refractivity contribution < 1.29 is 13.2 Å². The zero-order chi connectivity index (χ0) is 16.6. The van der Waals surface area contributed by atoms with Gasteiger partial charge >= 0.3 is 0 Å². The van der Waals surface area contributed by atoms with Crippen molar-refractivity contribution in [1.29, 1.82) is 0 Å². The first kappa shape index (κ1) is 16.6. The molecular weight excluding hydrogens is 336 g/mol. The molecule has 9 heteroatoms. The summed E-state index contributed by atoms with van der Waals surface area (Å²) in [5, 5.41) is 4.36. The summed E-state index contributed by atoms with van der Waals surface area (Å²) in [5.41, 5.74) is 0.990. The predicted octanol–water partition coefficient (Wildman–Crippen LogP) is 1.92. The molecule has 0 fully saturated rings. The summed E-state index contributed by atoms with van der Waals surface area (Å²) >= 11 is 1.29. The summed E-state index contributed by atoms with van der Waals surface area (Å²) in [6, 6.07) is 1.36. The summed E-state index contributed by atoms with van der Waals surface area (Å²) in [6.07, 6.45) is 1.58. The molecule has 0 spiro atoms. The van der Waals surface area contributed by atoms with Crippen LogP contribution in [0, 0.1) is 13.8 Å². The second-order valence-electron chi connectivity index (χ2n) is 5.66. The van der Waals surface area contributed by atoms with Crippen LogP contribution in [0.1, 0.15) is 41.0 Å². The molecule has 1 aliphatic rings. The first-order valence-corrected chi connectivity index (χ1v) is 9.72. The zero-order valence-electron chi connectivity index (χ0n) is 13.4. The predicted molar refractivity (Wildman–Crippen MR) is 86.8 cm³/mol. The highest BCUT2D eigenvalue weighted by atomic mass is 32.2. The van der Waals surface area contributed by atoms with Crippen LogP contribution in [0.2, 0.25) is 0 Å². The number of nitrogens with zero attached hydrogens (tertiary/aromatic N) is 3. The van der Waals surface area contributed by atoms with Gasteiger partial charge in [-0.3, -0.25) is 0 Å². The van der Waals surface area contributed by atoms with E-state index in [0.29, 0.717) is 28.9 Å². The molecule has 0 unspecified atom stereocenters. The van der Waals surface area contributed by atoms with Crippen LogP contribution in [-0.2, 0) is 27.9 Å². The van der Waals surface area contributed by atoms with Crippen LogP contribution in [-0.4, -0.2) is 30.3 Å². The van der Waals surface area contributed by atoms with Crippen molar-refractivity contribution in [3.63, 3.8) is 0 Å². The summed E-state index contributed by atoms with van der Waals surface area (Å²) in [7, 11) is -1.97. The molecule has 23 heavy (non-hydrogen) atoms. The molecule has 0 radical (unpaired) electrons. The highest BCUT2D eigenvalue weighted by molar-refractivity contribution is 7.91. The Bertz CT molecular complexity index is 791. The Morgan fingerprint density at radius 3 is 2.91 bits per heavy atom. The number of aromatic nitrogens is 3. The molecule has 1 atom stereocenters. The normalized spacial score (nSPS) is 18.1. The van der Waals surface area contributed by atoms with Crippen molar-refractivity contribution in [2.75, 3.05) is 7.11 Å². The van der Waals surface area contributed by atoms with E-state index < -0.39 is 10.0 Å². The van der Waals surface area contributed by atoms with Crippen molar-refractivity contribution in [3.05, 3.63) is 28.2 Å². The summed E-state index contributed by atoms with van der Waals surface area (Å²) in [4.78, 5) is 5.44. The fourth-order valence-corrected chi connectivity index (χ4v) is 5.38. The van der Waals surface area contributed by atoms with E-state index in [1.807, 2.05) is 13.8 Å². The van der Waals surface area contributed by atoms with Crippen LogP contribution < -0.4 is 4.72 Å². The SMILES string of the molecule is COCc1nc2n(n1)CCC[C@H]2NS(=O)(=O)c1cc(C)c(C)s1. The maximum absolute atomic E-state index is 12.6. The van der Waals surface area contributed by atoms with Crippen molar-refractivity contribution >= 4 is 21.4 Å². The van der Waals surface area contributed by atoms with Crippen molar-refractivity contribution in [1.82, 2.24) is 19.5 Å². The van der Waals surface area contributed by atoms with E-state index in [9.17, 15) is 8.42 Å². The number of fused-ring (bicyclic) bond motifs is 1. The van der Waals surface area contributed by atoms with Crippen LogP contribution in [0.15, 0.2) is 10.3 Å². The average molecular weight is 356 g/mol. The van der Waals surface area contributed by atoms with Gasteiger partial charge in [0, 0.05) is 18.5 Å². The number of rotatable bonds is 5. The maximum atomic E-state index is 12.6. The van der Waals surface area contributed by atoms with Gasteiger partial charge in [0.2, 0.25) is 0 Å². The van der Waals surface area contributed by atoms with Gasteiger partial charge in [-0.05, 0) is 38.3 Å². The van der Waals surface area contributed by atoms with E-state index in [1.165, 1.54) is 11.3 Å². The third-order valence-corrected chi connectivity index (χ3v) is 7.00. The minimum Gasteiger partial charge on any atom is -0.377 e. The molecule has 126 valence electrons. The van der Waals surface area contributed by atoms with Gasteiger partial charge < -0.3 is 4.74 Å². The molecule has 2 aromatic heterocycles. The molecular formula is C14H20N4O3S2. The minimum absolute atomic E-state index is 0.322. The van der Waals surface area contributed by atoms with Gasteiger partial charge in [0.1, 0.15) is 16.6 Å². The number of aryl methyl sites for hydroxylation is 3. The third kappa shape index (κ3) is 3.32. The Kier molecular flexibility index (Phi) is 4.54. The minimum atomic E-state index is -3.55. The first-order chi connectivity index (χ1) is 10.9. The van der Waals surface area contributed by atoms with Gasteiger partial charge in [-0.2, -0.15) is 9.82 Å². The summed E-state index contributed by atoms with van der Waals surface area (Å²) in [6.45, 7) is 4.91. The van der Waals surface area contributed by atoms with Gasteiger partial charge in [0.05, 0.1) is 6.04 Å². The maximum Gasteiger partial charge on any atom is 0.250 e. The molecule has 0 amide bonds. The molecule has 7 nitrogen and oxygen atoms in total. The molecule has 3 heterocycles. The number of hydrogen-bond donors (Lipinski definition) is 1. The number of sulfonamides is 1. The van der Waals surface area contributed by atoms with Crippen molar-refractivity contribution in [2.24, 2.45) is 0 Å². The fourth-order valence-electron chi connectivity index (χ4n) is 2.62. The lowest BCUT2D eigenvalue weighted by Gasteiger charge is -2.22. The molecule has 0 saturated heterocycles. The number of ether oxygens (including phenoxy) is 1. The molecule has 0 bridgehead atoms. The quantitative estimate of drug-likeness (QED) is 0.884. The van der Waals surface area contributed by atoms with Gasteiger partial charge in [0.15, 0.2) is 5.82 Å². The lowest BCUT2D eigenvalue weighted by Crippen LogP contribution is -2.33. The van der Waals surface area contributed by atoms with Crippen molar-refractivity contribution in [3.8, 4) is 0 Å². The van der Waals surface area contributed by atoms with Crippen molar-refractivity contribution in [2.45, 2.75) is 50.1 Å². The number of methoxy groups -OCH3 is 1. The second kappa shape index (κ2) is 6.31. The third-order valence-electron chi connectivity index (χ3n) is 3.90. The fraction of sp³-hybridized carbons (Fsp3) is 0.571. The second-order valence-corrected chi connectivity index (χ2v) is 8.86. The van der Waals surface area contributed by atoms with Gasteiger partial charge in [-0.15, -0.1) is 11.3 Å². The number of thiophene rings is 1.